The molecule has 0 aliphatic carbocycles. The maximum absolute atomic E-state index is 12.6. The van der Waals surface area contributed by atoms with Crippen LogP contribution in [0.5, 0.6) is 17.2 Å². The van der Waals surface area contributed by atoms with E-state index in [9.17, 15) is 4.79 Å². The van der Waals surface area contributed by atoms with E-state index in [-0.39, 0.29) is 18.3 Å². The first-order valence-electron chi connectivity index (χ1n) is 10.7. The fourth-order valence-corrected chi connectivity index (χ4v) is 3.11. The van der Waals surface area contributed by atoms with E-state index >= 15 is 0 Å². The molecule has 176 valence electrons. The lowest BCUT2D eigenvalue weighted by molar-refractivity contribution is 0.0772. The molecule has 2 aromatic rings. The third-order valence-corrected chi connectivity index (χ3v) is 4.88. The third-order valence-electron chi connectivity index (χ3n) is 4.88. The largest absolute Gasteiger partial charge is 0.494 e. The van der Waals surface area contributed by atoms with Crippen LogP contribution < -0.4 is 20.1 Å². The number of benzene rings is 2. The first kappa shape index (κ1) is 27.1. The second kappa shape index (κ2) is 15.0. The quantitative estimate of drug-likeness (QED) is 0.204. The summed E-state index contributed by atoms with van der Waals surface area (Å²) < 4.78 is 17.0. The number of carbonyl (C=O) groups is 1. The lowest BCUT2D eigenvalue weighted by Gasteiger charge is -2.19. The SMILES string of the molecule is CCN(CC)C(=O)c1ccc(OC)c(OCCCCCOc2ccc(C=NN)cc2)c1.Cl. The number of nitrogens with zero attached hydrogens (tertiary/aromatic N) is 2. The number of unbranched alkanes of at least 4 members (excludes halogenated alkanes) is 2. The van der Waals surface area contributed by atoms with Crippen LogP contribution in [0, 0.1) is 0 Å². The van der Waals surface area contributed by atoms with Crippen LogP contribution in [-0.4, -0.2) is 50.4 Å². The number of carbonyl (C=O) groups excluding carboxylic acids is 1. The third kappa shape index (κ3) is 8.30. The van der Waals surface area contributed by atoms with E-state index in [0.717, 1.165) is 30.6 Å². The second-order valence-corrected chi connectivity index (χ2v) is 6.95. The molecular weight excluding hydrogens is 430 g/mol. The summed E-state index contributed by atoms with van der Waals surface area (Å²) in [6.07, 6.45) is 4.37. The van der Waals surface area contributed by atoms with Crippen molar-refractivity contribution in [3.63, 3.8) is 0 Å². The Hall–Kier alpha value is -2.93. The molecule has 0 radical (unpaired) electrons. The molecule has 32 heavy (non-hydrogen) atoms. The van der Waals surface area contributed by atoms with Crippen LogP contribution in [-0.2, 0) is 0 Å². The molecule has 0 heterocycles. The van der Waals surface area contributed by atoms with Crippen LogP contribution in [0.4, 0.5) is 0 Å². The van der Waals surface area contributed by atoms with Gasteiger partial charge in [0.05, 0.1) is 26.5 Å². The summed E-state index contributed by atoms with van der Waals surface area (Å²) in [4.78, 5) is 14.4. The van der Waals surface area contributed by atoms with Gasteiger partial charge in [-0.05, 0) is 81.1 Å². The molecule has 2 rings (SSSR count). The van der Waals surface area contributed by atoms with Gasteiger partial charge in [-0.15, -0.1) is 12.4 Å². The first-order valence-corrected chi connectivity index (χ1v) is 10.7. The van der Waals surface area contributed by atoms with Crippen molar-refractivity contribution < 1.29 is 19.0 Å². The molecule has 0 aromatic heterocycles. The number of ether oxygens (including phenoxy) is 3. The highest BCUT2D eigenvalue weighted by atomic mass is 35.5. The zero-order chi connectivity index (χ0) is 22.5. The highest BCUT2D eigenvalue weighted by Gasteiger charge is 2.15. The van der Waals surface area contributed by atoms with E-state index in [4.69, 9.17) is 20.1 Å². The van der Waals surface area contributed by atoms with Gasteiger partial charge >= 0.3 is 0 Å². The molecule has 0 saturated carbocycles. The second-order valence-electron chi connectivity index (χ2n) is 6.95. The smallest absolute Gasteiger partial charge is 0.253 e. The maximum Gasteiger partial charge on any atom is 0.253 e. The predicted molar refractivity (Wildman–Crippen MR) is 131 cm³/mol. The van der Waals surface area contributed by atoms with Crippen LogP contribution in [0.2, 0.25) is 0 Å². The minimum atomic E-state index is -0.00185. The molecule has 0 bridgehead atoms. The van der Waals surface area contributed by atoms with Crippen molar-refractivity contribution in [1.29, 1.82) is 0 Å². The number of hydrogen-bond donors (Lipinski definition) is 1. The highest BCUT2D eigenvalue weighted by molar-refractivity contribution is 5.94. The summed E-state index contributed by atoms with van der Waals surface area (Å²) in [5.41, 5.74) is 1.54. The average molecular weight is 464 g/mol. The fraction of sp³-hybridized carbons (Fsp3) is 0.417. The Kier molecular flexibility index (Phi) is 12.7. The average Bonchev–Trinajstić information content (AvgIpc) is 2.80. The Bertz CT molecular complexity index is 840. The Morgan fingerprint density at radius 1 is 0.969 bits per heavy atom. The predicted octanol–water partition coefficient (Wildman–Crippen LogP) is 4.52. The lowest BCUT2D eigenvalue weighted by Crippen LogP contribution is -2.30. The fourth-order valence-electron chi connectivity index (χ4n) is 3.11. The van der Waals surface area contributed by atoms with Crippen LogP contribution in [0.3, 0.4) is 0 Å². The Morgan fingerprint density at radius 3 is 2.22 bits per heavy atom. The topological polar surface area (TPSA) is 86.4 Å². The van der Waals surface area contributed by atoms with Crippen molar-refractivity contribution in [2.24, 2.45) is 10.9 Å². The van der Waals surface area contributed by atoms with E-state index in [2.05, 4.69) is 5.10 Å². The summed E-state index contributed by atoms with van der Waals surface area (Å²) in [5.74, 6) is 7.18. The van der Waals surface area contributed by atoms with E-state index in [1.165, 1.54) is 0 Å². The number of amides is 1. The molecule has 1 amide bonds. The monoisotopic (exact) mass is 463 g/mol. The Labute approximate surface area is 196 Å². The van der Waals surface area contributed by atoms with Gasteiger partial charge in [-0.25, -0.2) is 0 Å². The van der Waals surface area contributed by atoms with Gasteiger partial charge in [0.2, 0.25) is 0 Å². The van der Waals surface area contributed by atoms with E-state index < -0.39 is 0 Å². The summed E-state index contributed by atoms with van der Waals surface area (Å²) in [6.45, 7) is 6.47. The number of hydrogen-bond acceptors (Lipinski definition) is 6. The zero-order valence-corrected chi connectivity index (χ0v) is 19.9. The van der Waals surface area contributed by atoms with Crippen LogP contribution >= 0.6 is 12.4 Å². The van der Waals surface area contributed by atoms with Gasteiger partial charge in [0.15, 0.2) is 11.5 Å². The molecule has 0 unspecified atom stereocenters. The van der Waals surface area contributed by atoms with Crippen molar-refractivity contribution in [2.45, 2.75) is 33.1 Å². The summed E-state index contributed by atoms with van der Waals surface area (Å²) in [7, 11) is 1.60. The van der Waals surface area contributed by atoms with Gasteiger partial charge < -0.3 is 25.0 Å². The highest BCUT2D eigenvalue weighted by Crippen LogP contribution is 2.29. The first-order chi connectivity index (χ1) is 15.1. The summed E-state index contributed by atoms with van der Waals surface area (Å²) in [6, 6.07) is 12.9. The molecule has 0 saturated heterocycles. The summed E-state index contributed by atoms with van der Waals surface area (Å²) >= 11 is 0. The minimum Gasteiger partial charge on any atom is -0.494 e. The van der Waals surface area contributed by atoms with Crippen molar-refractivity contribution in [1.82, 2.24) is 4.90 Å². The van der Waals surface area contributed by atoms with Crippen molar-refractivity contribution in [3.05, 3.63) is 53.6 Å². The van der Waals surface area contributed by atoms with Crippen molar-refractivity contribution in [3.8, 4) is 17.2 Å². The molecular formula is C24H34ClN3O4. The van der Waals surface area contributed by atoms with Gasteiger partial charge in [0, 0.05) is 18.7 Å². The maximum atomic E-state index is 12.6. The van der Waals surface area contributed by atoms with Gasteiger partial charge in [0.1, 0.15) is 5.75 Å². The molecule has 2 aromatic carbocycles. The van der Waals surface area contributed by atoms with Gasteiger partial charge in [-0.2, -0.15) is 5.10 Å². The Balaban J connectivity index is 0.00000512. The number of nitrogens with two attached hydrogens (primary N) is 1. The molecule has 0 atom stereocenters. The molecule has 0 spiro atoms. The molecule has 2 N–H and O–H groups in total. The standard InChI is InChI=1S/C24H33N3O4.ClH/c1-4-27(5-2)24(28)20-11-14-22(29-3)23(17-20)31-16-8-6-7-15-30-21-12-9-19(10-13-21)18-26-25;/h9-14,17-18H,4-8,15-16,25H2,1-3H3;1H. The van der Waals surface area contributed by atoms with Gasteiger partial charge in [-0.1, -0.05) is 0 Å². The summed E-state index contributed by atoms with van der Waals surface area (Å²) in [5, 5.41) is 3.50. The molecule has 8 heteroatoms. The molecule has 0 fully saturated rings. The van der Waals surface area contributed by atoms with E-state index in [1.807, 2.05) is 38.1 Å². The molecule has 0 aliphatic heterocycles. The minimum absolute atomic E-state index is 0. The number of methoxy groups -OCH3 is 1. The van der Waals surface area contributed by atoms with Gasteiger partial charge in [-0.3, -0.25) is 4.79 Å². The van der Waals surface area contributed by atoms with Crippen LogP contribution in [0.25, 0.3) is 0 Å². The number of halogens is 1. The van der Waals surface area contributed by atoms with Crippen LogP contribution in [0.15, 0.2) is 47.6 Å². The lowest BCUT2D eigenvalue weighted by atomic mass is 10.1. The zero-order valence-electron chi connectivity index (χ0n) is 19.1. The number of rotatable bonds is 13. The van der Waals surface area contributed by atoms with Crippen molar-refractivity contribution >= 4 is 24.5 Å². The van der Waals surface area contributed by atoms with Crippen LogP contribution in [0.1, 0.15) is 49.0 Å². The van der Waals surface area contributed by atoms with E-state index in [1.54, 1.807) is 36.4 Å². The molecule has 7 nitrogen and oxygen atoms in total. The van der Waals surface area contributed by atoms with E-state index in [0.29, 0.717) is 43.4 Å². The normalized spacial score (nSPS) is 10.5. The molecule has 0 aliphatic rings. The van der Waals surface area contributed by atoms with Crippen molar-refractivity contribution in [2.75, 3.05) is 33.4 Å². The van der Waals surface area contributed by atoms with Gasteiger partial charge in [0.25, 0.3) is 5.91 Å². The Morgan fingerprint density at radius 2 is 1.62 bits per heavy atom. The number of hydrazone groups is 1.